The number of methoxy groups -OCH3 is 1. The minimum absolute atomic E-state index is 0.00232. The average Bonchev–Trinajstić information content (AvgIpc) is 3.42. The van der Waals surface area contributed by atoms with Gasteiger partial charge in [0.25, 0.3) is 5.56 Å². The van der Waals surface area contributed by atoms with E-state index in [1.54, 1.807) is 10.6 Å². The number of aldehydes is 1. The second-order valence-electron chi connectivity index (χ2n) is 8.87. The SMILES string of the molecule is COCc1c([C@H](O)C=O)cc2n(c1=O)Cc1c-2nc2cc3c(cc2c1CCNC(C)C)OCO3. The van der Waals surface area contributed by atoms with E-state index in [2.05, 4.69) is 19.2 Å². The number of aromatic nitrogens is 2. The number of nitrogens with zero attached hydrogens (tertiary/aromatic N) is 2. The van der Waals surface area contributed by atoms with Crippen LogP contribution in [0.2, 0.25) is 0 Å². The van der Waals surface area contributed by atoms with E-state index in [0.717, 1.165) is 35.0 Å². The third-order valence-electron chi connectivity index (χ3n) is 6.36. The molecule has 2 aromatic heterocycles. The number of rotatable bonds is 8. The monoisotopic (exact) mass is 465 g/mol. The normalized spacial score (nSPS) is 14.5. The highest BCUT2D eigenvalue weighted by molar-refractivity contribution is 5.91. The van der Waals surface area contributed by atoms with Gasteiger partial charge in [-0.3, -0.25) is 4.79 Å². The molecule has 1 atom stereocenters. The Morgan fingerprint density at radius 1 is 1.24 bits per heavy atom. The number of benzene rings is 1. The molecule has 5 rings (SSSR count). The van der Waals surface area contributed by atoms with Crippen LogP contribution < -0.4 is 20.3 Å². The highest BCUT2D eigenvalue weighted by atomic mass is 16.7. The maximum atomic E-state index is 13.4. The minimum Gasteiger partial charge on any atom is -0.454 e. The quantitative estimate of drug-likeness (QED) is 0.381. The van der Waals surface area contributed by atoms with Gasteiger partial charge in [0, 0.05) is 41.3 Å². The summed E-state index contributed by atoms with van der Waals surface area (Å²) >= 11 is 0. The lowest BCUT2D eigenvalue weighted by molar-refractivity contribution is -0.115. The summed E-state index contributed by atoms with van der Waals surface area (Å²) in [7, 11) is 1.47. The molecule has 9 heteroatoms. The smallest absolute Gasteiger partial charge is 0.257 e. The standard InChI is InChI=1S/C25H27N3O6/c1-13(2)26-5-4-14-15-7-22-23(34-12-33-22)8-19(15)27-24-17(14)9-28-20(24)6-16(21(30)10-29)18(11-32-3)25(28)31/h6-8,10,13,21,26,30H,4-5,9,11-12H2,1-3H3/t21-/m1/s1. The van der Waals surface area contributed by atoms with Gasteiger partial charge in [-0.05, 0) is 30.7 Å². The Bertz CT molecular complexity index is 1350. The highest BCUT2D eigenvalue weighted by Crippen LogP contribution is 2.41. The molecular weight excluding hydrogens is 438 g/mol. The number of hydrogen-bond donors (Lipinski definition) is 2. The zero-order valence-corrected chi connectivity index (χ0v) is 19.4. The molecule has 4 heterocycles. The fourth-order valence-corrected chi connectivity index (χ4v) is 4.76. The number of carbonyl (C=O) groups excluding carboxylic acids is 1. The van der Waals surface area contributed by atoms with Gasteiger partial charge in [0.2, 0.25) is 6.79 Å². The van der Waals surface area contributed by atoms with Crippen molar-refractivity contribution in [3.05, 3.63) is 50.8 Å². The van der Waals surface area contributed by atoms with Crippen LogP contribution in [0.4, 0.5) is 0 Å². The van der Waals surface area contributed by atoms with Crippen molar-refractivity contribution in [2.24, 2.45) is 0 Å². The van der Waals surface area contributed by atoms with Crippen molar-refractivity contribution in [1.29, 1.82) is 0 Å². The Kier molecular flexibility index (Phi) is 5.85. The Morgan fingerprint density at radius 3 is 2.71 bits per heavy atom. The number of carbonyl (C=O) groups is 1. The topological polar surface area (TPSA) is 112 Å². The minimum atomic E-state index is -1.42. The molecule has 0 bridgehead atoms. The molecule has 1 aromatic carbocycles. The van der Waals surface area contributed by atoms with Crippen LogP contribution in [0.3, 0.4) is 0 Å². The van der Waals surface area contributed by atoms with Crippen LogP contribution in [-0.2, 0) is 29.1 Å². The second kappa shape index (κ2) is 8.83. The lowest BCUT2D eigenvalue weighted by Gasteiger charge is -2.14. The van der Waals surface area contributed by atoms with Crippen LogP contribution in [0, 0.1) is 0 Å². The van der Waals surface area contributed by atoms with Gasteiger partial charge in [0.05, 0.1) is 30.1 Å². The number of ether oxygens (including phenoxy) is 3. The summed E-state index contributed by atoms with van der Waals surface area (Å²) in [5.74, 6) is 1.31. The molecule has 0 aliphatic carbocycles. The van der Waals surface area contributed by atoms with Crippen molar-refractivity contribution in [2.75, 3.05) is 20.4 Å². The van der Waals surface area contributed by atoms with Gasteiger partial charge in [-0.15, -0.1) is 0 Å². The van der Waals surface area contributed by atoms with Crippen molar-refractivity contribution < 1.29 is 24.1 Å². The van der Waals surface area contributed by atoms with Crippen LogP contribution in [0.15, 0.2) is 23.0 Å². The molecule has 3 aromatic rings. The number of hydrogen-bond acceptors (Lipinski definition) is 8. The second-order valence-corrected chi connectivity index (χ2v) is 8.87. The van der Waals surface area contributed by atoms with Crippen molar-refractivity contribution in [3.63, 3.8) is 0 Å². The fraction of sp³-hybridized carbons (Fsp3) is 0.400. The molecule has 0 saturated heterocycles. The summed E-state index contributed by atoms with van der Waals surface area (Å²) in [6.07, 6.45) is -0.272. The van der Waals surface area contributed by atoms with E-state index < -0.39 is 6.10 Å². The third kappa shape index (κ3) is 3.66. The number of aliphatic hydroxyl groups is 1. The van der Waals surface area contributed by atoms with Crippen molar-refractivity contribution in [3.8, 4) is 22.9 Å². The number of nitrogens with one attached hydrogen (secondary N) is 1. The average molecular weight is 466 g/mol. The first-order chi connectivity index (χ1) is 16.4. The predicted molar refractivity (Wildman–Crippen MR) is 125 cm³/mol. The van der Waals surface area contributed by atoms with E-state index in [0.29, 0.717) is 41.8 Å². The molecular formula is C25H27N3O6. The number of fused-ring (bicyclic) bond motifs is 5. The molecule has 0 spiro atoms. The van der Waals surface area contributed by atoms with E-state index >= 15 is 0 Å². The Labute approximate surface area is 196 Å². The van der Waals surface area contributed by atoms with Crippen molar-refractivity contribution >= 4 is 17.2 Å². The molecule has 34 heavy (non-hydrogen) atoms. The number of aliphatic hydroxyl groups excluding tert-OH is 1. The highest BCUT2D eigenvalue weighted by Gasteiger charge is 2.30. The molecule has 0 amide bonds. The van der Waals surface area contributed by atoms with Gasteiger partial charge < -0.3 is 34.0 Å². The van der Waals surface area contributed by atoms with Crippen LogP contribution in [0.25, 0.3) is 22.3 Å². The molecule has 0 saturated carbocycles. The predicted octanol–water partition coefficient (Wildman–Crippen LogP) is 2.07. The molecule has 0 radical (unpaired) electrons. The zero-order chi connectivity index (χ0) is 24.0. The van der Waals surface area contributed by atoms with E-state index in [9.17, 15) is 14.7 Å². The van der Waals surface area contributed by atoms with Gasteiger partial charge in [-0.25, -0.2) is 4.98 Å². The van der Waals surface area contributed by atoms with Crippen molar-refractivity contribution in [2.45, 2.75) is 45.6 Å². The summed E-state index contributed by atoms with van der Waals surface area (Å²) < 4.78 is 18.0. The molecule has 0 unspecified atom stereocenters. The maximum Gasteiger partial charge on any atom is 0.257 e. The van der Waals surface area contributed by atoms with Crippen LogP contribution >= 0.6 is 0 Å². The van der Waals surface area contributed by atoms with Gasteiger partial charge >= 0.3 is 0 Å². The van der Waals surface area contributed by atoms with Gasteiger partial charge in [-0.1, -0.05) is 13.8 Å². The lowest BCUT2D eigenvalue weighted by atomic mass is 9.97. The van der Waals surface area contributed by atoms with Crippen LogP contribution in [0.1, 0.15) is 42.2 Å². The summed E-state index contributed by atoms with van der Waals surface area (Å²) in [5, 5.41) is 14.7. The summed E-state index contributed by atoms with van der Waals surface area (Å²) in [4.78, 5) is 29.7. The lowest BCUT2D eigenvalue weighted by Crippen LogP contribution is -2.27. The largest absolute Gasteiger partial charge is 0.454 e. The molecule has 178 valence electrons. The van der Waals surface area contributed by atoms with Gasteiger partial charge in [0.1, 0.15) is 6.10 Å². The van der Waals surface area contributed by atoms with E-state index in [-0.39, 0.29) is 30.1 Å². The number of pyridine rings is 2. The van der Waals surface area contributed by atoms with E-state index in [1.807, 2.05) is 12.1 Å². The Hall–Kier alpha value is -3.27. The molecule has 2 aliphatic heterocycles. The van der Waals surface area contributed by atoms with E-state index in [4.69, 9.17) is 19.2 Å². The first-order valence-corrected chi connectivity index (χ1v) is 11.3. The summed E-state index contributed by atoms with van der Waals surface area (Å²) in [6.45, 7) is 5.47. The maximum absolute atomic E-state index is 13.4. The van der Waals surface area contributed by atoms with Crippen LogP contribution in [-0.4, -0.2) is 47.4 Å². The molecule has 2 aliphatic rings. The fourth-order valence-electron chi connectivity index (χ4n) is 4.76. The first kappa shape index (κ1) is 22.5. The van der Waals surface area contributed by atoms with E-state index in [1.165, 1.54) is 7.11 Å². The van der Waals surface area contributed by atoms with Crippen LogP contribution in [0.5, 0.6) is 11.5 Å². The molecule has 0 fully saturated rings. The first-order valence-electron chi connectivity index (χ1n) is 11.3. The zero-order valence-electron chi connectivity index (χ0n) is 19.4. The van der Waals surface area contributed by atoms with Gasteiger partial charge in [-0.2, -0.15) is 0 Å². The van der Waals surface area contributed by atoms with Gasteiger partial charge in [0.15, 0.2) is 17.8 Å². The summed E-state index contributed by atoms with van der Waals surface area (Å²) in [5.41, 5.74) is 4.25. The molecule has 9 nitrogen and oxygen atoms in total. The Morgan fingerprint density at radius 2 is 2.00 bits per heavy atom. The summed E-state index contributed by atoms with van der Waals surface area (Å²) in [6, 6.07) is 5.84. The third-order valence-corrected chi connectivity index (χ3v) is 6.36. The molecule has 2 N–H and O–H groups in total. The van der Waals surface area contributed by atoms with Crippen molar-refractivity contribution in [1.82, 2.24) is 14.9 Å². The Balaban J connectivity index is 1.73.